The van der Waals surface area contributed by atoms with Crippen LogP contribution in [-0.2, 0) is 17.8 Å². The molecule has 0 saturated carbocycles. The molecule has 1 aromatic heterocycles. The van der Waals surface area contributed by atoms with Crippen LogP contribution in [0.25, 0.3) is 0 Å². The molecule has 1 atom stereocenters. The highest BCUT2D eigenvalue weighted by Gasteiger charge is 2.14. The summed E-state index contributed by atoms with van der Waals surface area (Å²) in [6.45, 7) is 4.15. The van der Waals surface area contributed by atoms with E-state index in [9.17, 15) is 9.18 Å². The number of carbonyl (C=O) groups is 1. The molecule has 0 saturated heterocycles. The molecule has 0 radical (unpaired) electrons. The first-order valence-corrected chi connectivity index (χ1v) is 9.56. The zero-order valence-electron chi connectivity index (χ0n) is 15.2. The van der Waals surface area contributed by atoms with E-state index >= 15 is 0 Å². The fourth-order valence-electron chi connectivity index (χ4n) is 2.64. The lowest BCUT2D eigenvalue weighted by Gasteiger charge is -2.14. The van der Waals surface area contributed by atoms with E-state index in [-0.39, 0.29) is 18.1 Å². The highest BCUT2D eigenvalue weighted by atomic mass is 32.1. The molecule has 0 aliphatic carbocycles. The van der Waals surface area contributed by atoms with Gasteiger partial charge in [-0.25, -0.2) is 9.37 Å². The van der Waals surface area contributed by atoms with Crippen LogP contribution in [0.5, 0.6) is 5.75 Å². The van der Waals surface area contributed by atoms with Gasteiger partial charge in [0.15, 0.2) is 0 Å². The van der Waals surface area contributed by atoms with Crippen molar-refractivity contribution in [2.75, 3.05) is 0 Å². The molecule has 1 heterocycles. The molecule has 0 aliphatic rings. The van der Waals surface area contributed by atoms with E-state index in [1.807, 2.05) is 36.6 Å². The molecule has 27 heavy (non-hydrogen) atoms. The van der Waals surface area contributed by atoms with E-state index in [1.165, 1.54) is 23.0 Å². The summed E-state index contributed by atoms with van der Waals surface area (Å²) >= 11 is 1.46. The second kappa shape index (κ2) is 8.77. The number of hydrogen-bond acceptors (Lipinski definition) is 4. The van der Waals surface area contributed by atoms with Crippen molar-refractivity contribution >= 4 is 17.2 Å². The quantitative estimate of drug-likeness (QED) is 0.648. The molecule has 3 rings (SSSR count). The number of amides is 1. The number of benzene rings is 2. The number of aromatic nitrogens is 1. The molecular formula is C21H21FN2O2S. The van der Waals surface area contributed by atoms with Crippen molar-refractivity contribution in [2.45, 2.75) is 32.9 Å². The molecule has 6 heteroatoms. The van der Waals surface area contributed by atoms with Gasteiger partial charge in [-0.15, -0.1) is 11.3 Å². The van der Waals surface area contributed by atoms with Gasteiger partial charge in [0, 0.05) is 10.9 Å². The number of nitrogens with zero attached hydrogens (tertiary/aromatic N) is 1. The van der Waals surface area contributed by atoms with E-state index in [0.717, 1.165) is 10.8 Å². The van der Waals surface area contributed by atoms with Gasteiger partial charge >= 0.3 is 0 Å². The number of carbonyl (C=O) groups excluding carboxylic acids is 1. The topological polar surface area (TPSA) is 51.2 Å². The lowest BCUT2D eigenvalue weighted by molar-refractivity contribution is -0.121. The van der Waals surface area contributed by atoms with Crippen LogP contribution in [0, 0.1) is 12.7 Å². The third kappa shape index (κ3) is 5.37. The van der Waals surface area contributed by atoms with Gasteiger partial charge < -0.3 is 10.1 Å². The minimum Gasteiger partial charge on any atom is -0.486 e. The van der Waals surface area contributed by atoms with Crippen LogP contribution in [0.4, 0.5) is 4.39 Å². The summed E-state index contributed by atoms with van der Waals surface area (Å²) in [5.74, 6) is 0.269. The van der Waals surface area contributed by atoms with Gasteiger partial charge in [-0.1, -0.05) is 35.9 Å². The summed E-state index contributed by atoms with van der Waals surface area (Å²) in [6, 6.07) is 13.9. The van der Waals surface area contributed by atoms with Crippen LogP contribution in [-0.4, -0.2) is 10.9 Å². The van der Waals surface area contributed by atoms with Crippen molar-refractivity contribution < 1.29 is 13.9 Å². The van der Waals surface area contributed by atoms with Gasteiger partial charge in [-0.2, -0.15) is 0 Å². The zero-order chi connectivity index (χ0) is 19.2. The second-order valence-electron chi connectivity index (χ2n) is 6.32. The molecule has 0 bridgehead atoms. The van der Waals surface area contributed by atoms with Gasteiger partial charge in [0.25, 0.3) is 0 Å². The van der Waals surface area contributed by atoms with E-state index in [0.29, 0.717) is 17.9 Å². The molecule has 0 fully saturated rings. The van der Waals surface area contributed by atoms with Crippen LogP contribution in [0.1, 0.15) is 34.8 Å². The Morgan fingerprint density at radius 2 is 1.96 bits per heavy atom. The first-order chi connectivity index (χ1) is 13.0. The number of ether oxygens (including phenoxy) is 1. The Balaban J connectivity index is 1.51. The Kier molecular flexibility index (Phi) is 6.19. The van der Waals surface area contributed by atoms with Gasteiger partial charge in [0.1, 0.15) is 23.2 Å². The van der Waals surface area contributed by atoms with Gasteiger partial charge in [-0.05, 0) is 32.0 Å². The van der Waals surface area contributed by atoms with E-state index in [4.69, 9.17) is 4.74 Å². The number of nitrogens with one attached hydrogen (secondary N) is 1. The minimum atomic E-state index is -0.401. The summed E-state index contributed by atoms with van der Waals surface area (Å²) in [4.78, 5) is 16.7. The van der Waals surface area contributed by atoms with E-state index in [1.54, 1.807) is 25.1 Å². The monoisotopic (exact) mass is 384 g/mol. The zero-order valence-corrected chi connectivity index (χ0v) is 16.1. The molecule has 1 unspecified atom stereocenters. The Bertz CT molecular complexity index is 909. The summed E-state index contributed by atoms with van der Waals surface area (Å²) < 4.78 is 19.5. The highest BCUT2D eigenvalue weighted by Crippen LogP contribution is 2.18. The van der Waals surface area contributed by atoms with E-state index in [2.05, 4.69) is 10.3 Å². The largest absolute Gasteiger partial charge is 0.486 e. The van der Waals surface area contributed by atoms with Crippen molar-refractivity contribution in [3.63, 3.8) is 0 Å². The van der Waals surface area contributed by atoms with Crippen molar-refractivity contribution in [3.8, 4) is 5.75 Å². The number of thiazole rings is 1. The molecule has 3 aromatic rings. The Hall–Kier alpha value is -2.73. The van der Waals surface area contributed by atoms with Crippen molar-refractivity contribution in [3.05, 3.63) is 81.6 Å². The predicted octanol–water partition coefficient (Wildman–Crippen LogP) is 4.59. The number of halogens is 1. The summed E-state index contributed by atoms with van der Waals surface area (Å²) in [6.07, 6.45) is 0.153. The van der Waals surface area contributed by atoms with Crippen LogP contribution in [0.3, 0.4) is 0 Å². The summed E-state index contributed by atoms with van der Waals surface area (Å²) in [5, 5.41) is 5.47. The first kappa shape index (κ1) is 19.0. The fraction of sp³-hybridized carbons (Fsp3) is 0.238. The van der Waals surface area contributed by atoms with Crippen LogP contribution in [0.15, 0.2) is 53.9 Å². The molecule has 0 spiro atoms. The standard InChI is InChI=1S/C21H21FN2O2S/c1-14-7-9-17(10-8-14)26-12-21-24-16(13-27-21)11-20(25)23-15(2)18-5-3-4-6-19(18)22/h3-10,13,15H,11-12H2,1-2H3,(H,23,25). The third-order valence-corrected chi connectivity index (χ3v) is 4.94. The number of hydrogen-bond donors (Lipinski definition) is 1. The van der Waals surface area contributed by atoms with Gasteiger partial charge in [0.2, 0.25) is 5.91 Å². The van der Waals surface area contributed by atoms with Gasteiger partial charge in [0.05, 0.1) is 18.2 Å². The maximum absolute atomic E-state index is 13.8. The molecule has 1 N–H and O–H groups in total. The second-order valence-corrected chi connectivity index (χ2v) is 7.26. The Morgan fingerprint density at radius 1 is 1.22 bits per heavy atom. The normalized spacial score (nSPS) is 11.8. The molecule has 140 valence electrons. The SMILES string of the molecule is Cc1ccc(OCc2nc(CC(=O)NC(C)c3ccccc3F)cs2)cc1. The number of aryl methyl sites for hydroxylation is 1. The Labute approximate surface area is 162 Å². The number of rotatable bonds is 7. The van der Waals surface area contributed by atoms with E-state index < -0.39 is 6.04 Å². The Morgan fingerprint density at radius 3 is 2.70 bits per heavy atom. The molecule has 4 nitrogen and oxygen atoms in total. The van der Waals surface area contributed by atoms with Crippen molar-refractivity contribution in [1.29, 1.82) is 0 Å². The molecular weight excluding hydrogens is 363 g/mol. The maximum atomic E-state index is 13.8. The summed E-state index contributed by atoms with van der Waals surface area (Å²) in [5.41, 5.74) is 2.33. The molecule has 1 amide bonds. The first-order valence-electron chi connectivity index (χ1n) is 8.68. The average Bonchev–Trinajstić information content (AvgIpc) is 3.08. The average molecular weight is 384 g/mol. The minimum absolute atomic E-state index is 0.153. The highest BCUT2D eigenvalue weighted by molar-refractivity contribution is 7.09. The van der Waals surface area contributed by atoms with Crippen LogP contribution in [0.2, 0.25) is 0 Å². The molecule has 0 aliphatic heterocycles. The third-order valence-electron chi connectivity index (χ3n) is 4.07. The summed E-state index contributed by atoms with van der Waals surface area (Å²) in [7, 11) is 0. The van der Waals surface area contributed by atoms with Crippen molar-refractivity contribution in [2.24, 2.45) is 0 Å². The lowest BCUT2D eigenvalue weighted by atomic mass is 10.1. The maximum Gasteiger partial charge on any atom is 0.226 e. The molecule has 2 aromatic carbocycles. The predicted molar refractivity (Wildman–Crippen MR) is 104 cm³/mol. The smallest absolute Gasteiger partial charge is 0.226 e. The van der Waals surface area contributed by atoms with Crippen LogP contribution < -0.4 is 10.1 Å². The van der Waals surface area contributed by atoms with Crippen LogP contribution >= 0.6 is 11.3 Å². The fourth-order valence-corrected chi connectivity index (χ4v) is 3.34. The van der Waals surface area contributed by atoms with Crippen molar-refractivity contribution in [1.82, 2.24) is 10.3 Å². The lowest BCUT2D eigenvalue weighted by Crippen LogP contribution is -2.28. The van der Waals surface area contributed by atoms with Gasteiger partial charge in [-0.3, -0.25) is 4.79 Å².